The molecule has 0 aliphatic heterocycles. The summed E-state index contributed by atoms with van der Waals surface area (Å²) in [6, 6.07) is 0.0633. The van der Waals surface area contributed by atoms with Crippen LogP contribution in [-0.4, -0.2) is 29.9 Å². The molecule has 0 aromatic heterocycles. The molecule has 2 rings (SSSR count). The monoisotopic (exact) mass is 238 g/mol. The highest BCUT2D eigenvalue weighted by Crippen LogP contribution is 2.34. The molecule has 2 N–H and O–H groups in total. The second-order valence-electron chi connectivity index (χ2n) is 5.94. The lowest BCUT2D eigenvalue weighted by molar-refractivity contribution is -0.132. The van der Waals surface area contributed by atoms with Gasteiger partial charge in [-0.25, -0.2) is 0 Å². The maximum atomic E-state index is 12.2. The van der Waals surface area contributed by atoms with E-state index in [9.17, 15) is 4.79 Å². The predicted octanol–water partition coefficient (Wildman–Crippen LogP) is 2.15. The van der Waals surface area contributed by atoms with Crippen molar-refractivity contribution < 1.29 is 4.79 Å². The number of nitrogens with two attached hydrogens (primary N) is 1. The molecule has 2 saturated carbocycles. The van der Waals surface area contributed by atoms with Crippen LogP contribution in [-0.2, 0) is 4.79 Å². The van der Waals surface area contributed by atoms with Crippen LogP contribution in [0.1, 0.15) is 51.9 Å². The van der Waals surface area contributed by atoms with E-state index in [1.165, 1.54) is 25.7 Å². The van der Waals surface area contributed by atoms with Gasteiger partial charge in [-0.05, 0) is 43.9 Å². The number of hydrogen-bond donors (Lipinski definition) is 1. The van der Waals surface area contributed by atoms with Gasteiger partial charge in [0.05, 0.1) is 0 Å². The molecular formula is C14H26N2O. The summed E-state index contributed by atoms with van der Waals surface area (Å²) in [4.78, 5) is 14.3. The minimum absolute atomic E-state index is 0.0633. The predicted molar refractivity (Wildman–Crippen MR) is 69.5 cm³/mol. The van der Waals surface area contributed by atoms with Crippen LogP contribution in [0.25, 0.3) is 0 Å². The first-order valence-electron chi connectivity index (χ1n) is 7.22. The number of rotatable bonds is 8. The van der Waals surface area contributed by atoms with E-state index in [2.05, 4.69) is 11.8 Å². The molecule has 1 atom stereocenters. The third-order valence-corrected chi connectivity index (χ3v) is 3.80. The Morgan fingerprint density at radius 2 is 1.76 bits per heavy atom. The first kappa shape index (κ1) is 12.9. The first-order valence-corrected chi connectivity index (χ1v) is 7.22. The van der Waals surface area contributed by atoms with Crippen molar-refractivity contribution in [1.29, 1.82) is 0 Å². The highest BCUT2D eigenvalue weighted by molar-refractivity contribution is 5.76. The average Bonchev–Trinajstić information content (AvgIpc) is 3.11. The van der Waals surface area contributed by atoms with Gasteiger partial charge in [0, 0.05) is 25.6 Å². The Bertz CT molecular complexity index is 245. The molecule has 0 saturated heterocycles. The molecule has 98 valence electrons. The molecule has 0 aromatic carbocycles. The molecule has 2 fully saturated rings. The van der Waals surface area contributed by atoms with Gasteiger partial charge in [-0.15, -0.1) is 0 Å². The lowest BCUT2D eigenvalue weighted by Gasteiger charge is -2.24. The molecule has 1 unspecified atom stereocenters. The number of hydrogen-bond acceptors (Lipinski definition) is 2. The van der Waals surface area contributed by atoms with Crippen molar-refractivity contribution in [3.05, 3.63) is 0 Å². The minimum atomic E-state index is 0.0633. The molecule has 1 amide bonds. The van der Waals surface area contributed by atoms with Gasteiger partial charge in [0.15, 0.2) is 0 Å². The smallest absolute Gasteiger partial charge is 0.224 e. The second-order valence-corrected chi connectivity index (χ2v) is 5.94. The number of carbonyl (C=O) groups excluding carboxylic acids is 1. The summed E-state index contributed by atoms with van der Waals surface area (Å²) >= 11 is 0. The zero-order chi connectivity index (χ0) is 12.3. The zero-order valence-corrected chi connectivity index (χ0v) is 11.0. The van der Waals surface area contributed by atoms with Crippen molar-refractivity contribution in [2.24, 2.45) is 17.6 Å². The molecule has 2 aliphatic carbocycles. The van der Waals surface area contributed by atoms with E-state index in [1.54, 1.807) is 0 Å². The number of nitrogens with zero attached hydrogens (tertiary/aromatic N) is 1. The summed E-state index contributed by atoms with van der Waals surface area (Å²) in [6.45, 7) is 4.11. The molecule has 17 heavy (non-hydrogen) atoms. The minimum Gasteiger partial charge on any atom is -0.342 e. The van der Waals surface area contributed by atoms with Crippen molar-refractivity contribution in [3.8, 4) is 0 Å². The maximum absolute atomic E-state index is 12.2. The lowest BCUT2D eigenvalue weighted by Crippen LogP contribution is -2.38. The van der Waals surface area contributed by atoms with Crippen molar-refractivity contribution in [2.75, 3.05) is 13.1 Å². The summed E-state index contributed by atoms with van der Waals surface area (Å²) < 4.78 is 0. The van der Waals surface area contributed by atoms with Crippen LogP contribution in [0.2, 0.25) is 0 Å². The fourth-order valence-corrected chi connectivity index (χ4v) is 2.33. The van der Waals surface area contributed by atoms with Crippen molar-refractivity contribution in [1.82, 2.24) is 4.90 Å². The standard InChI is InChI=1S/C14H26N2O/c1-2-3-13(15)8-14(17)16(9-11-4-5-11)10-12-6-7-12/h11-13H,2-10,15H2,1H3. The lowest BCUT2D eigenvalue weighted by atomic mass is 10.1. The van der Waals surface area contributed by atoms with E-state index in [0.717, 1.165) is 37.8 Å². The topological polar surface area (TPSA) is 46.3 Å². The van der Waals surface area contributed by atoms with E-state index in [4.69, 9.17) is 5.73 Å². The Kier molecular flexibility index (Phi) is 4.43. The van der Waals surface area contributed by atoms with Crippen molar-refractivity contribution in [3.63, 3.8) is 0 Å². The quantitative estimate of drug-likeness (QED) is 0.704. The summed E-state index contributed by atoms with van der Waals surface area (Å²) in [6.07, 6.45) is 7.84. The van der Waals surface area contributed by atoms with Gasteiger partial charge < -0.3 is 10.6 Å². The van der Waals surface area contributed by atoms with Gasteiger partial charge in [-0.1, -0.05) is 13.3 Å². The highest BCUT2D eigenvalue weighted by Gasteiger charge is 2.31. The van der Waals surface area contributed by atoms with Gasteiger partial charge in [0.1, 0.15) is 0 Å². The van der Waals surface area contributed by atoms with Crippen LogP contribution in [0, 0.1) is 11.8 Å². The molecule has 0 heterocycles. The first-order chi connectivity index (χ1) is 8.19. The molecule has 2 aliphatic rings. The fraction of sp³-hybridized carbons (Fsp3) is 0.929. The Morgan fingerprint density at radius 3 is 2.18 bits per heavy atom. The number of carbonyl (C=O) groups is 1. The third-order valence-electron chi connectivity index (χ3n) is 3.80. The molecule has 0 bridgehead atoms. The van der Waals surface area contributed by atoms with E-state index in [-0.39, 0.29) is 6.04 Å². The molecule has 3 nitrogen and oxygen atoms in total. The van der Waals surface area contributed by atoms with Crippen molar-refractivity contribution >= 4 is 5.91 Å². The van der Waals surface area contributed by atoms with Crippen LogP contribution in [0.4, 0.5) is 0 Å². The van der Waals surface area contributed by atoms with Gasteiger partial charge >= 0.3 is 0 Å². The van der Waals surface area contributed by atoms with Crippen LogP contribution < -0.4 is 5.73 Å². The van der Waals surface area contributed by atoms with Crippen molar-refractivity contribution in [2.45, 2.75) is 57.9 Å². The van der Waals surface area contributed by atoms with Gasteiger partial charge in [-0.3, -0.25) is 4.79 Å². The van der Waals surface area contributed by atoms with E-state index >= 15 is 0 Å². The van der Waals surface area contributed by atoms with E-state index in [1.807, 2.05) is 0 Å². The van der Waals surface area contributed by atoms with Crippen LogP contribution in [0.3, 0.4) is 0 Å². The Hall–Kier alpha value is -0.570. The average molecular weight is 238 g/mol. The van der Waals surface area contributed by atoms with Gasteiger partial charge in [-0.2, -0.15) is 0 Å². The Balaban J connectivity index is 1.77. The SMILES string of the molecule is CCCC(N)CC(=O)N(CC1CC1)CC1CC1. The largest absolute Gasteiger partial charge is 0.342 e. The summed E-state index contributed by atoms with van der Waals surface area (Å²) in [5, 5.41) is 0. The number of amides is 1. The van der Waals surface area contributed by atoms with Gasteiger partial charge in [0.2, 0.25) is 5.91 Å². The normalized spacial score (nSPS) is 21.3. The van der Waals surface area contributed by atoms with Crippen LogP contribution in [0.5, 0.6) is 0 Å². The fourth-order valence-electron chi connectivity index (χ4n) is 2.33. The maximum Gasteiger partial charge on any atom is 0.224 e. The molecular weight excluding hydrogens is 212 g/mol. The second kappa shape index (κ2) is 5.85. The Labute approximate surface area is 105 Å². The summed E-state index contributed by atoms with van der Waals surface area (Å²) in [7, 11) is 0. The van der Waals surface area contributed by atoms with E-state index < -0.39 is 0 Å². The summed E-state index contributed by atoms with van der Waals surface area (Å²) in [5.74, 6) is 1.88. The van der Waals surface area contributed by atoms with Crippen LogP contribution >= 0.6 is 0 Å². The third kappa shape index (κ3) is 4.66. The highest BCUT2D eigenvalue weighted by atomic mass is 16.2. The van der Waals surface area contributed by atoms with Gasteiger partial charge in [0.25, 0.3) is 0 Å². The van der Waals surface area contributed by atoms with E-state index in [0.29, 0.717) is 12.3 Å². The zero-order valence-electron chi connectivity index (χ0n) is 11.0. The molecule has 3 heteroatoms. The summed E-state index contributed by atoms with van der Waals surface area (Å²) in [5.41, 5.74) is 5.97. The van der Waals surface area contributed by atoms with Crippen LogP contribution in [0.15, 0.2) is 0 Å². The Morgan fingerprint density at radius 1 is 1.24 bits per heavy atom. The molecule has 0 aromatic rings. The molecule has 0 radical (unpaired) electrons. The molecule has 0 spiro atoms.